The molecule has 10 heteroatoms. The summed E-state index contributed by atoms with van der Waals surface area (Å²) in [4.78, 5) is 24.8. The third-order valence-corrected chi connectivity index (χ3v) is 7.24. The number of hydrogen-bond donors (Lipinski definition) is 2. The maximum atomic E-state index is 12.6. The topological polar surface area (TPSA) is 116 Å². The number of nitrogens with one attached hydrogen (secondary N) is 1. The summed E-state index contributed by atoms with van der Waals surface area (Å²) < 4.78 is 22.6. The molecule has 1 aliphatic rings. The van der Waals surface area contributed by atoms with Gasteiger partial charge in [0.25, 0.3) is 0 Å². The van der Waals surface area contributed by atoms with Gasteiger partial charge in [-0.1, -0.05) is 55.1 Å². The van der Waals surface area contributed by atoms with Crippen molar-refractivity contribution in [2.45, 2.75) is 45.3 Å². The average Bonchev–Trinajstić information content (AvgIpc) is 3.01. The quantitative estimate of drug-likeness (QED) is 0.199. The summed E-state index contributed by atoms with van der Waals surface area (Å²) in [5.74, 6) is 0.0738. The van der Waals surface area contributed by atoms with Crippen LogP contribution in [0.4, 0.5) is 0 Å². The Morgan fingerprint density at radius 3 is 1.95 bits per heavy atom. The number of hydrogen-bond acceptors (Lipinski definition) is 7. The highest BCUT2D eigenvalue weighted by molar-refractivity contribution is 6.47. The molecule has 3 aromatic carbocycles. The molecule has 0 saturated heterocycles. The highest BCUT2D eigenvalue weighted by Crippen LogP contribution is 2.39. The van der Waals surface area contributed by atoms with Gasteiger partial charge in [-0.05, 0) is 60.4 Å². The summed E-state index contributed by atoms with van der Waals surface area (Å²) in [6, 6.07) is 17.8. The van der Waals surface area contributed by atoms with Crippen LogP contribution in [0, 0.1) is 5.92 Å². The third kappa shape index (κ3) is 7.91. The first-order valence-electron chi connectivity index (χ1n) is 13.3. The molecule has 2 N–H and O–H groups in total. The first kappa shape index (κ1) is 29.7. The Balaban J connectivity index is 1.61. The lowest BCUT2D eigenvalue weighted by Crippen LogP contribution is -2.30. The van der Waals surface area contributed by atoms with Gasteiger partial charge in [0.2, 0.25) is 5.91 Å². The number of amides is 1. The van der Waals surface area contributed by atoms with E-state index in [0.29, 0.717) is 11.5 Å². The molecule has 3 aromatic rings. The molecule has 1 saturated carbocycles. The molecular formula is C31H33ClN2O7. The fourth-order valence-corrected chi connectivity index (χ4v) is 4.82. The van der Waals surface area contributed by atoms with Crippen LogP contribution in [0.5, 0.6) is 23.0 Å². The molecule has 0 aliphatic heterocycles. The molecule has 0 spiro atoms. The van der Waals surface area contributed by atoms with Gasteiger partial charge in [0.15, 0.2) is 17.2 Å². The Hall–Kier alpha value is -4.24. The van der Waals surface area contributed by atoms with Crippen molar-refractivity contribution in [3.8, 4) is 23.0 Å². The van der Waals surface area contributed by atoms with E-state index in [2.05, 4.69) is 10.5 Å². The first-order chi connectivity index (χ1) is 19.9. The molecule has 1 aliphatic carbocycles. The summed E-state index contributed by atoms with van der Waals surface area (Å²) in [5.41, 5.74) is 3.83. The van der Waals surface area contributed by atoms with Crippen molar-refractivity contribution in [2.75, 3.05) is 14.2 Å². The molecule has 9 nitrogen and oxygen atoms in total. The Labute approximate surface area is 244 Å². The fourth-order valence-electron chi connectivity index (χ4n) is 4.52. The summed E-state index contributed by atoms with van der Waals surface area (Å²) in [5, 5.41) is 13.9. The zero-order valence-electron chi connectivity index (χ0n) is 23.0. The van der Waals surface area contributed by atoms with Crippen LogP contribution in [0.1, 0.15) is 48.8 Å². The predicted molar refractivity (Wildman–Crippen MR) is 155 cm³/mol. The number of benzene rings is 3. The van der Waals surface area contributed by atoms with Gasteiger partial charge in [-0.2, -0.15) is 5.10 Å². The van der Waals surface area contributed by atoms with Crippen molar-refractivity contribution in [3.05, 3.63) is 82.4 Å². The van der Waals surface area contributed by atoms with Crippen LogP contribution in [0.15, 0.2) is 65.8 Å². The van der Waals surface area contributed by atoms with Crippen molar-refractivity contribution >= 4 is 29.2 Å². The Bertz CT molecular complexity index is 1370. The van der Waals surface area contributed by atoms with E-state index in [0.717, 1.165) is 49.0 Å². The van der Waals surface area contributed by atoms with Gasteiger partial charge in [0.05, 0.1) is 19.2 Å². The summed E-state index contributed by atoms with van der Waals surface area (Å²) >= 11 is 6.75. The molecular weight excluding hydrogens is 548 g/mol. The minimum atomic E-state index is -1.34. The van der Waals surface area contributed by atoms with Crippen molar-refractivity contribution in [3.63, 3.8) is 0 Å². The second-order valence-corrected chi connectivity index (χ2v) is 9.98. The number of rotatable bonds is 12. The third-order valence-electron chi connectivity index (χ3n) is 6.87. The maximum absolute atomic E-state index is 12.6. The smallest absolute Gasteiger partial charge is 0.357 e. The van der Waals surface area contributed by atoms with Crippen LogP contribution in [0.2, 0.25) is 5.02 Å². The van der Waals surface area contributed by atoms with Crippen molar-refractivity contribution in [2.24, 2.45) is 11.0 Å². The van der Waals surface area contributed by atoms with E-state index >= 15 is 0 Å². The van der Waals surface area contributed by atoms with E-state index in [1.54, 1.807) is 20.3 Å². The number of aliphatic carboxylic acids is 1. The van der Waals surface area contributed by atoms with Crippen molar-refractivity contribution in [1.82, 2.24) is 5.43 Å². The van der Waals surface area contributed by atoms with E-state index in [4.69, 9.17) is 30.5 Å². The number of carbonyl (C=O) groups excluding carboxylic acids is 1. The molecule has 41 heavy (non-hydrogen) atoms. The molecule has 0 heterocycles. The zero-order chi connectivity index (χ0) is 29.2. The number of halogens is 1. The van der Waals surface area contributed by atoms with E-state index in [1.807, 2.05) is 48.5 Å². The summed E-state index contributed by atoms with van der Waals surface area (Å²) in [6.45, 7) is 0.333. The molecule has 4 rings (SSSR count). The van der Waals surface area contributed by atoms with E-state index in [1.165, 1.54) is 6.07 Å². The number of carboxylic acids is 1. The van der Waals surface area contributed by atoms with Crippen LogP contribution in [0.25, 0.3) is 0 Å². The van der Waals surface area contributed by atoms with Crippen LogP contribution in [-0.4, -0.2) is 36.9 Å². The number of carboxylic acid groups (broad SMARTS) is 1. The zero-order valence-corrected chi connectivity index (χ0v) is 23.8. The lowest BCUT2D eigenvalue weighted by atomic mass is 9.89. The average molecular weight is 581 g/mol. The van der Waals surface area contributed by atoms with E-state index in [-0.39, 0.29) is 41.4 Å². The lowest BCUT2D eigenvalue weighted by molar-refractivity contribution is -0.129. The van der Waals surface area contributed by atoms with Crippen molar-refractivity contribution in [1.29, 1.82) is 0 Å². The lowest BCUT2D eigenvalue weighted by Gasteiger charge is -2.19. The Kier molecular flexibility index (Phi) is 10.5. The largest absolute Gasteiger partial charge is 0.497 e. The van der Waals surface area contributed by atoms with Gasteiger partial charge in [-0.15, -0.1) is 0 Å². The van der Waals surface area contributed by atoms with Gasteiger partial charge in [0, 0.05) is 11.5 Å². The second kappa shape index (κ2) is 14.4. The standard InChI is InChI=1S/C31H33ClN2O7/c1-38-23-12-8-20(9-13-23)18-40-26-17-16-25(27(32)29(26)41-19-21-10-14-24(39-2)15-11-21)28(31(36)37)33-34-30(35)22-6-4-3-5-7-22/h8-17,22H,3-7,18-19H2,1-2H3,(H,34,35)(H,36,37)/b33-28-. The van der Waals surface area contributed by atoms with Gasteiger partial charge in [0.1, 0.15) is 24.7 Å². The maximum Gasteiger partial charge on any atom is 0.357 e. The van der Waals surface area contributed by atoms with Crippen LogP contribution < -0.4 is 24.4 Å². The van der Waals surface area contributed by atoms with Gasteiger partial charge >= 0.3 is 5.97 Å². The Morgan fingerprint density at radius 2 is 1.41 bits per heavy atom. The Morgan fingerprint density at radius 1 is 0.854 bits per heavy atom. The number of ether oxygens (including phenoxy) is 4. The van der Waals surface area contributed by atoms with Crippen LogP contribution >= 0.6 is 11.6 Å². The summed E-state index contributed by atoms with van der Waals surface area (Å²) in [7, 11) is 3.18. The fraction of sp³-hybridized carbons (Fsp3) is 0.323. The van der Waals surface area contributed by atoms with E-state index in [9.17, 15) is 14.7 Å². The highest BCUT2D eigenvalue weighted by atomic mass is 35.5. The second-order valence-electron chi connectivity index (χ2n) is 9.60. The van der Waals surface area contributed by atoms with Crippen molar-refractivity contribution < 1.29 is 33.6 Å². The number of methoxy groups -OCH3 is 2. The number of carbonyl (C=O) groups is 2. The molecule has 1 amide bonds. The van der Waals surface area contributed by atoms with Crippen LogP contribution in [-0.2, 0) is 22.8 Å². The monoisotopic (exact) mass is 580 g/mol. The molecule has 0 radical (unpaired) electrons. The first-order valence-corrected chi connectivity index (χ1v) is 13.7. The number of nitrogens with zero attached hydrogens (tertiary/aromatic N) is 1. The molecule has 0 unspecified atom stereocenters. The molecule has 216 valence electrons. The molecule has 0 atom stereocenters. The SMILES string of the molecule is COc1ccc(COc2ccc(/C(=N/NC(=O)C3CCCCC3)C(=O)O)c(Cl)c2OCc2ccc(OC)cc2)cc1. The van der Waals surface area contributed by atoms with Crippen LogP contribution in [0.3, 0.4) is 0 Å². The van der Waals surface area contributed by atoms with Gasteiger partial charge < -0.3 is 24.1 Å². The van der Waals surface area contributed by atoms with E-state index < -0.39 is 11.7 Å². The molecule has 0 aromatic heterocycles. The highest BCUT2D eigenvalue weighted by Gasteiger charge is 2.25. The predicted octanol–water partition coefficient (Wildman–Crippen LogP) is 6.00. The minimum absolute atomic E-state index is 0.00110. The minimum Gasteiger partial charge on any atom is -0.497 e. The number of hydrazone groups is 1. The molecule has 1 fully saturated rings. The van der Waals surface area contributed by atoms with Gasteiger partial charge in [-0.25, -0.2) is 10.2 Å². The normalized spacial score (nSPS) is 13.8. The molecule has 0 bridgehead atoms. The van der Waals surface area contributed by atoms with Gasteiger partial charge in [-0.3, -0.25) is 4.79 Å². The summed E-state index contributed by atoms with van der Waals surface area (Å²) in [6.07, 6.45) is 4.54.